The van der Waals surface area contributed by atoms with E-state index in [1.807, 2.05) is 19.9 Å². The number of nitrogens with zero attached hydrogens (tertiary/aromatic N) is 3. The van der Waals surface area contributed by atoms with E-state index in [-0.39, 0.29) is 23.2 Å². The number of ether oxygens (including phenoxy) is 2. The highest BCUT2D eigenvalue weighted by Gasteiger charge is 2.44. The van der Waals surface area contributed by atoms with Crippen molar-refractivity contribution in [1.82, 2.24) is 10.1 Å². The van der Waals surface area contributed by atoms with Gasteiger partial charge >= 0.3 is 6.36 Å². The van der Waals surface area contributed by atoms with E-state index in [4.69, 9.17) is 9.26 Å². The van der Waals surface area contributed by atoms with E-state index in [0.29, 0.717) is 11.3 Å². The average Bonchev–Trinajstić information content (AvgIpc) is 3.69. The number of allylic oxidation sites excluding steroid dienone is 2. The third-order valence-electron chi connectivity index (χ3n) is 8.55. The molecule has 218 valence electrons. The molecule has 6 nitrogen and oxygen atoms in total. The standard InChI is InChI=1S/C33H32F3N3O3/c1-20(2)40-27-11-14-37-26-10-9-23(17-25(26)27)39-15-12-32(13-16-39)18-22(19-32)29-30(38-42-31(29)21-7-8-21)24-5-3-4-6-28(24)41-33(34,35)36/h3-6,9-11,14,17-18,20-21H,7-8,12-13,15-16,19H2,1-2H3. The van der Waals surface area contributed by atoms with Gasteiger partial charge in [0.15, 0.2) is 0 Å². The lowest BCUT2D eigenvalue weighted by Crippen LogP contribution is -2.42. The summed E-state index contributed by atoms with van der Waals surface area (Å²) in [5, 5.41) is 5.30. The maximum Gasteiger partial charge on any atom is 0.573 e. The molecule has 0 N–H and O–H groups in total. The van der Waals surface area contributed by atoms with Crippen LogP contribution in [0.1, 0.15) is 63.2 Å². The topological polar surface area (TPSA) is 60.6 Å². The molecule has 0 bridgehead atoms. The van der Waals surface area contributed by atoms with Gasteiger partial charge in [-0.15, -0.1) is 13.2 Å². The third kappa shape index (κ3) is 5.10. The average molecular weight is 576 g/mol. The van der Waals surface area contributed by atoms with Gasteiger partial charge in [0.1, 0.15) is 23.0 Å². The number of aromatic nitrogens is 2. The summed E-state index contributed by atoms with van der Waals surface area (Å²) in [6, 6.07) is 14.4. The Labute approximate surface area is 242 Å². The number of hydrogen-bond donors (Lipinski definition) is 0. The minimum atomic E-state index is -4.79. The molecule has 1 saturated carbocycles. The van der Waals surface area contributed by atoms with Gasteiger partial charge in [-0.05, 0) is 93.3 Å². The van der Waals surface area contributed by atoms with E-state index in [1.165, 1.54) is 12.1 Å². The summed E-state index contributed by atoms with van der Waals surface area (Å²) in [5.41, 5.74) is 4.81. The van der Waals surface area contributed by atoms with Crippen molar-refractivity contribution in [3.8, 4) is 22.8 Å². The smallest absolute Gasteiger partial charge is 0.490 e. The molecule has 1 aliphatic heterocycles. The van der Waals surface area contributed by atoms with Gasteiger partial charge in [-0.3, -0.25) is 4.98 Å². The molecule has 0 radical (unpaired) electrons. The van der Waals surface area contributed by atoms with Crippen molar-refractivity contribution in [2.24, 2.45) is 5.41 Å². The first-order valence-corrected chi connectivity index (χ1v) is 14.6. The van der Waals surface area contributed by atoms with Gasteiger partial charge in [-0.25, -0.2) is 0 Å². The molecular weight excluding hydrogens is 543 g/mol. The molecule has 4 aromatic rings. The van der Waals surface area contributed by atoms with Gasteiger partial charge in [-0.2, -0.15) is 0 Å². The largest absolute Gasteiger partial charge is 0.573 e. The summed E-state index contributed by atoms with van der Waals surface area (Å²) in [6.45, 7) is 5.85. The minimum absolute atomic E-state index is 0.0630. The summed E-state index contributed by atoms with van der Waals surface area (Å²) in [5.74, 6) is 1.63. The van der Waals surface area contributed by atoms with Gasteiger partial charge in [0, 0.05) is 47.4 Å². The van der Waals surface area contributed by atoms with E-state index in [2.05, 4.69) is 44.1 Å². The van der Waals surface area contributed by atoms with Crippen molar-refractivity contribution in [3.63, 3.8) is 0 Å². The van der Waals surface area contributed by atoms with Crippen molar-refractivity contribution < 1.29 is 27.2 Å². The summed E-state index contributed by atoms with van der Waals surface area (Å²) < 4.78 is 55.7. The molecule has 2 aliphatic carbocycles. The fourth-order valence-corrected chi connectivity index (χ4v) is 6.37. The number of halogens is 3. The molecule has 2 aromatic carbocycles. The molecule has 7 rings (SSSR count). The van der Waals surface area contributed by atoms with Gasteiger partial charge in [-0.1, -0.05) is 23.4 Å². The fourth-order valence-electron chi connectivity index (χ4n) is 6.37. The van der Waals surface area contributed by atoms with Gasteiger partial charge in [0.25, 0.3) is 0 Å². The van der Waals surface area contributed by atoms with Crippen molar-refractivity contribution in [1.29, 1.82) is 0 Å². The molecule has 42 heavy (non-hydrogen) atoms. The van der Waals surface area contributed by atoms with Gasteiger partial charge in [0.2, 0.25) is 0 Å². The highest BCUT2D eigenvalue weighted by atomic mass is 19.4. The second-order valence-electron chi connectivity index (χ2n) is 12.0. The molecule has 0 atom stereocenters. The summed E-state index contributed by atoms with van der Waals surface area (Å²) in [7, 11) is 0. The number of anilines is 1. The predicted octanol–water partition coefficient (Wildman–Crippen LogP) is 8.53. The Balaban J connectivity index is 1.13. The van der Waals surface area contributed by atoms with Crippen LogP contribution in [0.15, 0.2) is 65.3 Å². The Hall–Kier alpha value is -4.01. The number of pyridine rings is 1. The van der Waals surface area contributed by atoms with Crippen molar-refractivity contribution in [3.05, 3.63) is 72.1 Å². The van der Waals surface area contributed by atoms with Crippen molar-refractivity contribution >= 4 is 22.2 Å². The summed E-state index contributed by atoms with van der Waals surface area (Å²) in [6.07, 6.45) is 4.21. The van der Waals surface area contributed by atoms with Gasteiger partial charge in [0.05, 0.1) is 11.6 Å². The van der Waals surface area contributed by atoms with Crippen LogP contribution in [0.2, 0.25) is 0 Å². The zero-order chi connectivity index (χ0) is 29.1. The highest BCUT2D eigenvalue weighted by molar-refractivity contribution is 5.88. The maximum absolute atomic E-state index is 13.2. The van der Waals surface area contributed by atoms with Gasteiger partial charge < -0.3 is 18.9 Å². The Bertz CT molecular complexity index is 1660. The van der Waals surface area contributed by atoms with Crippen molar-refractivity contribution in [2.75, 3.05) is 18.0 Å². The third-order valence-corrected chi connectivity index (χ3v) is 8.55. The Morgan fingerprint density at radius 2 is 1.79 bits per heavy atom. The number of rotatable bonds is 7. The van der Waals surface area contributed by atoms with E-state index >= 15 is 0 Å². The van der Waals surface area contributed by atoms with E-state index in [9.17, 15) is 13.2 Å². The SMILES string of the molecule is CC(C)Oc1ccnc2ccc(N3CCC4(C=C(c5c(-c6ccccc6OC(F)(F)F)noc5C5CC5)C4)CC3)cc12. The molecule has 0 amide bonds. The Morgan fingerprint density at radius 3 is 2.50 bits per heavy atom. The lowest BCUT2D eigenvalue weighted by atomic mass is 9.63. The van der Waals surface area contributed by atoms with Crippen molar-refractivity contribution in [2.45, 2.75) is 64.3 Å². The van der Waals surface area contributed by atoms with Crippen LogP contribution in [0.4, 0.5) is 18.9 Å². The number of hydrogen-bond acceptors (Lipinski definition) is 6. The molecule has 3 heterocycles. The van der Waals surface area contributed by atoms with E-state index in [0.717, 1.165) is 84.4 Å². The lowest BCUT2D eigenvalue weighted by molar-refractivity contribution is -0.274. The Kier molecular flexibility index (Phi) is 6.44. The zero-order valence-corrected chi connectivity index (χ0v) is 23.6. The first kappa shape index (κ1) is 26.9. The van der Waals surface area contributed by atoms with Crippen LogP contribution in [0, 0.1) is 5.41 Å². The monoisotopic (exact) mass is 575 g/mol. The second kappa shape index (κ2) is 10.1. The van der Waals surface area contributed by atoms with E-state index < -0.39 is 6.36 Å². The number of para-hydroxylation sites is 1. The normalized spacial score (nSPS) is 18.3. The number of benzene rings is 2. The van der Waals surface area contributed by atoms with Crippen LogP contribution in [-0.2, 0) is 0 Å². The fraction of sp³-hybridized carbons (Fsp3) is 0.394. The molecule has 1 saturated heterocycles. The van der Waals surface area contributed by atoms with Crippen LogP contribution in [0.25, 0.3) is 27.7 Å². The first-order valence-electron chi connectivity index (χ1n) is 14.6. The lowest BCUT2D eigenvalue weighted by Gasteiger charge is -2.47. The Morgan fingerprint density at radius 1 is 1.02 bits per heavy atom. The van der Waals surface area contributed by atoms with Crippen LogP contribution in [-0.4, -0.2) is 35.7 Å². The first-order chi connectivity index (χ1) is 20.2. The van der Waals surface area contributed by atoms with Crippen LogP contribution < -0.4 is 14.4 Å². The molecule has 9 heteroatoms. The highest BCUT2D eigenvalue weighted by Crippen LogP contribution is 2.56. The molecule has 0 unspecified atom stereocenters. The maximum atomic E-state index is 13.2. The minimum Gasteiger partial charge on any atom is -0.490 e. The second-order valence-corrected chi connectivity index (χ2v) is 12.0. The number of piperidine rings is 1. The summed E-state index contributed by atoms with van der Waals surface area (Å²) in [4.78, 5) is 6.92. The molecular formula is C33H32F3N3O3. The molecule has 2 aromatic heterocycles. The number of fused-ring (bicyclic) bond motifs is 1. The van der Waals surface area contributed by atoms with E-state index in [1.54, 1.807) is 18.3 Å². The van der Waals surface area contributed by atoms with Crippen LogP contribution in [0.5, 0.6) is 11.5 Å². The molecule has 3 aliphatic rings. The van der Waals surface area contributed by atoms with Crippen LogP contribution in [0.3, 0.4) is 0 Å². The number of alkyl halides is 3. The predicted molar refractivity (Wildman–Crippen MR) is 155 cm³/mol. The summed E-state index contributed by atoms with van der Waals surface area (Å²) >= 11 is 0. The van der Waals surface area contributed by atoms with Crippen LogP contribution >= 0.6 is 0 Å². The molecule has 2 fully saturated rings. The quantitative estimate of drug-likeness (QED) is 0.220. The molecule has 1 spiro atoms. The zero-order valence-electron chi connectivity index (χ0n) is 23.6.